The summed E-state index contributed by atoms with van der Waals surface area (Å²) in [6, 6.07) is 24.9. The molecule has 2 atom stereocenters. The van der Waals surface area contributed by atoms with Gasteiger partial charge in [0, 0.05) is 65.4 Å². The van der Waals surface area contributed by atoms with Gasteiger partial charge in [0.2, 0.25) is 11.8 Å². The summed E-state index contributed by atoms with van der Waals surface area (Å²) in [7, 11) is 0. The average molecular weight is 486 g/mol. The second-order valence-electron chi connectivity index (χ2n) is 10.2. The Morgan fingerprint density at radius 1 is 0.676 bits per heavy atom. The van der Waals surface area contributed by atoms with Gasteiger partial charge in [-0.2, -0.15) is 0 Å². The number of nitrogens with one attached hydrogen (secondary N) is 1. The number of hydrogen-bond acceptors (Lipinski definition) is 2. The number of carbonyl (C=O) groups is 2. The molecule has 37 heavy (non-hydrogen) atoms. The highest BCUT2D eigenvalue weighted by molar-refractivity contribution is 5.97. The van der Waals surface area contributed by atoms with Crippen LogP contribution in [0.2, 0.25) is 0 Å². The Balaban J connectivity index is 1.48. The smallest absolute Gasteiger partial charge is 0.227 e. The van der Waals surface area contributed by atoms with Crippen LogP contribution in [0, 0.1) is 0 Å². The minimum atomic E-state index is 0.0186. The van der Waals surface area contributed by atoms with Gasteiger partial charge in [0.1, 0.15) is 0 Å². The molecule has 1 N–H and O–H groups in total. The van der Waals surface area contributed by atoms with Crippen LogP contribution in [0.4, 0.5) is 0 Å². The molecule has 5 heteroatoms. The SMILES string of the molecule is CC(=O)n1cc([C@H]2CC[C@H](c3cn(C(C)=O)c4ccccc34)c3c2[nH]c2ccccc32)c2ccccc21. The molecule has 182 valence electrons. The maximum absolute atomic E-state index is 12.5. The first-order valence-electron chi connectivity index (χ1n) is 12.8. The van der Waals surface area contributed by atoms with Crippen LogP contribution < -0.4 is 0 Å². The van der Waals surface area contributed by atoms with Crippen molar-refractivity contribution >= 4 is 44.5 Å². The largest absolute Gasteiger partial charge is 0.358 e. The van der Waals surface area contributed by atoms with Gasteiger partial charge in [0.05, 0.1) is 11.0 Å². The van der Waals surface area contributed by atoms with Crippen molar-refractivity contribution in [1.29, 1.82) is 0 Å². The van der Waals surface area contributed by atoms with Crippen molar-refractivity contribution in [3.8, 4) is 0 Å². The summed E-state index contributed by atoms with van der Waals surface area (Å²) in [5.74, 6) is 0.344. The lowest BCUT2D eigenvalue weighted by molar-refractivity contribution is 0.0932. The standard InChI is InChI=1S/C32H27N3O2/c1-19(36)34-17-26(21-9-4-7-13-29(21)34)23-15-16-24(32-31(23)25-11-3-6-12-28(25)33-32)27-18-35(20(2)37)30-14-8-5-10-22(27)30/h3-14,17-18,23-24,33H,15-16H2,1-2H3/t23-,24-/m1/s1. The third kappa shape index (κ3) is 3.17. The fourth-order valence-electron chi connectivity index (χ4n) is 6.57. The molecule has 0 radical (unpaired) electrons. The number of H-pyrrole nitrogens is 1. The van der Waals surface area contributed by atoms with Crippen molar-refractivity contribution in [2.75, 3.05) is 0 Å². The summed E-state index contributed by atoms with van der Waals surface area (Å²) in [4.78, 5) is 28.8. The molecule has 3 aromatic heterocycles. The minimum absolute atomic E-state index is 0.0186. The fourth-order valence-corrected chi connectivity index (χ4v) is 6.57. The molecule has 6 aromatic rings. The molecule has 7 rings (SSSR count). The van der Waals surface area contributed by atoms with Crippen LogP contribution >= 0.6 is 0 Å². The van der Waals surface area contributed by atoms with Gasteiger partial charge in [-0.25, -0.2) is 0 Å². The van der Waals surface area contributed by atoms with Gasteiger partial charge in [-0.15, -0.1) is 0 Å². The number of aromatic nitrogens is 3. The molecule has 0 saturated carbocycles. The Morgan fingerprint density at radius 2 is 1.16 bits per heavy atom. The fraction of sp³-hybridized carbons (Fsp3) is 0.188. The molecular weight excluding hydrogens is 458 g/mol. The van der Waals surface area contributed by atoms with E-state index in [0.717, 1.165) is 40.2 Å². The quantitative estimate of drug-likeness (QED) is 0.277. The predicted molar refractivity (Wildman–Crippen MR) is 148 cm³/mol. The van der Waals surface area contributed by atoms with E-state index >= 15 is 0 Å². The van der Waals surface area contributed by atoms with E-state index in [1.165, 1.54) is 27.8 Å². The van der Waals surface area contributed by atoms with Crippen LogP contribution in [-0.2, 0) is 0 Å². The van der Waals surface area contributed by atoms with Crippen molar-refractivity contribution in [3.63, 3.8) is 0 Å². The van der Waals surface area contributed by atoms with Gasteiger partial charge >= 0.3 is 0 Å². The van der Waals surface area contributed by atoms with E-state index in [0.29, 0.717) is 0 Å². The highest BCUT2D eigenvalue weighted by Crippen LogP contribution is 2.50. The molecule has 1 aliphatic rings. The topological polar surface area (TPSA) is 59.8 Å². The third-order valence-electron chi connectivity index (χ3n) is 8.13. The third-order valence-corrected chi connectivity index (χ3v) is 8.13. The lowest BCUT2D eigenvalue weighted by Crippen LogP contribution is -2.16. The van der Waals surface area contributed by atoms with Crippen molar-refractivity contribution in [2.24, 2.45) is 0 Å². The van der Waals surface area contributed by atoms with Crippen LogP contribution in [0.25, 0.3) is 32.7 Å². The number of nitrogens with zero attached hydrogens (tertiary/aromatic N) is 2. The minimum Gasteiger partial charge on any atom is -0.358 e. The number of para-hydroxylation sites is 3. The van der Waals surface area contributed by atoms with Gasteiger partial charge in [-0.3, -0.25) is 18.7 Å². The Morgan fingerprint density at radius 3 is 1.76 bits per heavy atom. The van der Waals surface area contributed by atoms with Crippen molar-refractivity contribution in [2.45, 2.75) is 38.5 Å². The molecule has 3 aromatic carbocycles. The van der Waals surface area contributed by atoms with E-state index in [1.807, 2.05) is 42.7 Å². The molecule has 0 aliphatic heterocycles. The maximum atomic E-state index is 12.5. The van der Waals surface area contributed by atoms with Crippen LogP contribution in [0.3, 0.4) is 0 Å². The number of carbonyl (C=O) groups excluding carboxylic acids is 2. The first-order chi connectivity index (χ1) is 18.0. The summed E-state index contributed by atoms with van der Waals surface area (Å²) < 4.78 is 3.56. The maximum Gasteiger partial charge on any atom is 0.227 e. The van der Waals surface area contributed by atoms with Crippen LogP contribution in [0.5, 0.6) is 0 Å². The molecule has 0 unspecified atom stereocenters. The number of benzene rings is 3. The zero-order valence-electron chi connectivity index (χ0n) is 20.9. The summed E-state index contributed by atoms with van der Waals surface area (Å²) in [5, 5.41) is 3.48. The van der Waals surface area contributed by atoms with Gasteiger partial charge in [-0.05, 0) is 47.7 Å². The van der Waals surface area contributed by atoms with Crippen molar-refractivity contribution < 1.29 is 9.59 Å². The lowest BCUT2D eigenvalue weighted by Gasteiger charge is -2.29. The normalized spacial score (nSPS) is 17.5. The second-order valence-corrected chi connectivity index (χ2v) is 10.2. The van der Waals surface area contributed by atoms with E-state index < -0.39 is 0 Å². The monoisotopic (exact) mass is 485 g/mol. The van der Waals surface area contributed by atoms with E-state index in [-0.39, 0.29) is 23.7 Å². The second kappa shape index (κ2) is 8.07. The summed E-state index contributed by atoms with van der Waals surface area (Å²) in [6.45, 7) is 3.24. The summed E-state index contributed by atoms with van der Waals surface area (Å²) >= 11 is 0. The van der Waals surface area contributed by atoms with E-state index in [4.69, 9.17) is 0 Å². The first kappa shape index (κ1) is 21.9. The van der Waals surface area contributed by atoms with Crippen LogP contribution in [0.15, 0.2) is 85.2 Å². The summed E-state index contributed by atoms with van der Waals surface area (Å²) in [5.41, 5.74) is 7.92. The highest BCUT2D eigenvalue weighted by Gasteiger charge is 2.35. The Kier molecular flexibility index (Phi) is 4.77. The molecule has 0 bridgehead atoms. The first-order valence-corrected chi connectivity index (χ1v) is 12.8. The summed E-state index contributed by atoms with van der Waals surface area (Å²) in [6.07, 6.45) is 5.97. The van der Waals surface area contributed by atoms with E-state index in [1.54, 1.807) is 23.0 Å². The molecule has 1 aliphatic carbocycles. The predicted octanol–water partition coefficient (Wildman–Crippen LogP) is 7.46. The molecule has 0 spiro atoms. The molecule has 0 amide bonds. The average Bonchev–Trinajstić information content (AvgIpc) is 3.60. The highest BCUT2D eigenvalue weighted by atomic mass is 16.2. The van der Waals surface area contributed by atoms with E-state index in [2.05, 4.69) is 47.4 Å². The Labute approximate surface area is 214 Å². The van der Waals surface area contributed by atoms with Crippen LogP contribution in [0.1, 0.15) is 70.5 Å². The lowest BCUT2D eigenvalue weighted by atomic mass is 9.74. The number of hydrogen-bond donors (Lipinski definition) is 1. The van der Waals surface area contributed by atoms with Crippen molar-refractivity contribution in [3.05, 3.63) is 108 Å². The molecule has 0 saturated heterocycles. The zero-order valence-corrected chi connectivity index (χ0v) is 20.9. The molecule has 0 fully saturated rings. The number of fused-ring (bicyclic) bond motifs is 5. The molecule has 5 nitrogen and oxygen atoms in total. The Hall–Kier alpha value is -4.38. The van der Waals surface area contributed by atoms with E-state index in [9.17, 15) is 9.59 Å². The molecule has 3 heterocycles. The van der Waals surface area contributed by atoms with Gasteiger partial charge in [0.25, 0.3) is 0 Å². The van der Waals surface area contributed by atoms with Gasteiger partial charge in [0.15, 0.2) is 0 Å². The van der Waals surface area contributed by atoms with Gasteiger partial charge < -0.3 is 4.98 Å². The number of rotatable bonds is 2. The zero-order chi connectivity index (χ0) is 25.3. The number of aromatic amines is 1. The van der Waals surface area contributed by atoms with Crippen molar-refractivity contribution in [1.82, 2.24) is 14.1 Å². The molecular formula is C32H27N3O2. The Bertz CT molecular complexity index is 1870. The van der Waals surface area contributed by atoms with Gasteiger partial charge in [-0.1, -0.05) is 54.6 Å². The van der Waals surface area contributed by atoms with Crippen LogP contribution in [-0.4, -0.2) is 25.9 Å².